The summed E-state index contributed by atoms with van der Waals surface area (Å²) in [5, 5.41) is 0.641. The summed E-state index contributed by atoms with van der Waals surface area (Å²) >= 11 is 12.2. The molecule has 1 saturated heterocycles. The molecule has 0 saturated carbocycles. The van der Waals surface area contributed by atoms with E-state index < -0.39 is 5.60 Å². The number of amides is 1. The molecule has 27 heavy (non-hydrogen) atoms. The Morgan fingerprint density at radius 2 is 1.93 bits per heavy atom. The predicted octanol–water partition coefficient (Wildman–Crippen LogP) is 5.56. The second kappa shape index (κ2) is 8.03. The molecule has 3 rings (SSSR count). The molecule has 1 amide bonds. The molecule has 144 valence electrons. The predicted molar refractivity (Wildman–Crippen MR) is 107 cm³/mol. The van der Waals surface area contributed by atoms with Crippen molar-refractivity contribution in [1.82, 2.24) is 14.9 Å². The van der Waals surface area contributed by atoms with Gasteiger partial charge in [0.1, 0.15) is 5.60 Å². The Labute approximate surface area is 169 Å². The van der Waals surface area contributed by atoms with Crippen molar-refractivity contribution in [3.8, 4) is 11.3 Å². The highest BCUT2D eigenvalue weighted by Crippen LogP contribution is 2.33. The average Bonchev–Trinajstić information content (AvgIpc) is 2.62. The summed E-state index contributed by atoms with van der Waals surface area (Å²) in [4.78, 5) is 22.2. The number of carbonyl (C=O) groups excluding carboxylic acids is 1. The average molecular weight is 408 g/mol. The van der Waals surface area contributed by atoms with Crippen LogP contribution in [0, 0.1) is 0 Å². The molecule has 0 atom stereocenters. The zero-order chi connectivity index (χ0) is 19.6. The van der Waals surface area contributed by atoms with Gasteiger partial charge < -0.3 is 9.64 Å². The lowest BCUT2D eigenvalue weighted by Crippen LogP contribution is -2.41. The standard InChI is InChI=1S/C20H23Cl2N3O2/c1-20(2,3)27-19(26)25-9-7-13(8-10-25)14-5-4-6-15(11-14)17-16(21)12-23-18(22)24-17/h4-6,11-13H,7-10H2,1-3H3. The fourth-order valence-electron chi connectivity index (χ4n) is 3.21. The maximum atomic E-state index is 12.2. The number of hydrogen-bond donors (Lipinski definition) is 0. The van der Waals surface area contributed by atoms with Gasteiger partial charge >= 0.3 is 6.09 Å². The number of nitrogens with zero attached hydrogens (tertiary/aromatic N) is 3. The van der Waals surface area contributed by atoms with Crippen LogP contribution < -0.4 is 0 Å². The number of piperidine rings is 1. The highest BCUT2D eigenvalue weighted by Gasteiger charge is 2.27. The van der Waals surface area contributed by atoms with E-state index in [9.17, 15) is 4.79 Å². The zero-order valence-corrected chi connectivity index (χ0v) is 17.2. The number of aromatic nitrogens is 2. The van der Waals surface area contributed by atoms with Gasteiger partial charge in [-0.1, -0.05) is 29.8 Å². The van der Waals surface area contributed by atoms with E-state index in [1.165, 1.54) is 11.8 Å². The lowest BCUT2D eigenvalue weighted by Gasteiger charge is -2.33. The van der Waals surface area contributed by atoms with Crippen LogP contribution in [0.2, 0.25) is 10.3 Å². The van der Waals surface area contributed by atoms with Crippen molar-refractivity contribution in [1.29, 1.82) is 0 Å². The first kappa shape index (κ1) is 19.9. The maximum absolute atomic E-state index is 12.2. The highest BCUT2D eigenvalue weighted by atomic mass is 35.5. The molecule has 1 aromatic heterocycles. The van der Waals surface area contributed by atoms with Crippen LogP contribution >= 0.6 is 23.2 Å². The van der Waals surface area contributed by atoms with Crippen LogP contribution in [0.3, 0.4) is 0 Å². The van der Waals surface area contributed by atoms with Crippen LogP contribution in [0.4, 0.5) is 4.79 Å². The monoisotopic (exact) mass is 407 g/mol. The molecule has 0 unspecified atom stereocenters. The van der Waals surface area contributed by atoms with E-state index in [4.69, 9.17) is 27.9 Å². The van der Waals surface area contributed by atoms with Crippen LogP contribution in [0.15, 0.2) is 30.5 Å². The van der Waals surface area contributed by atoms with Gasteiger partial charge in [-0.05, 0) is 62.8 Å². The van der Waals surface area contributed by atoms with E-state index in [0.717, 1.165) is 18.4 Å². The molecule has 2 aromatic rings. The minimum atomic E-state index is -0.472. The summed E-state index contributed by atoms with van der Waals surface area (Å²) in [6.07, 6.45) is 3.05. The van der Waals surface area contributed by atoms with E-state index in [1.54, 1.807) is 4.90 Å². The molecule has 0 aliphatic carbocycles. The van der Waals surface area contributed by atoms with Gasteiger partial charge in [-0.2, -0.15) is 0 Å². The van der Waals surface area contributed by atoms with Crippen LogP contribution in [0.25, 0.3) is 11.3 Å². The van der Waals surface area contributed by atoms with Crippen LogP contribution in [0.5, 0.6) is 0 Å². The van der Waals surface area contributed by atoms with E-state index in [1.807, 2.05) is 32.9 Å². The molecule has 2 heterocycles. The third kappa shape index (κ3) is 5.11. The third-order valence-corrected chi connectivity index (χ3v) is 4.95. The van der Waals surface area contributed by atoms with Crippen molar-refractivity contribution >= 4 is 29.3 Å². The van der Waals surface area contributed by atoms with Crippen LogP contribution in [-0.2, 0) is 4.74 Å². The Balaban J connectivity index is 1.70. The quantitative estimate of drug-likeness (QED) is 0.610. The van der Waals surface area contributed by atoms with Gasteiger partial charge in [-0.15, -0.1) is 0 Å². The maximum Gasteiger partial charge on any atom is 0.410 e. The molecule has 5 nitrogen and oxygen atoms in total. The first-order valence-corrected chi connectivity index (χ1v) is 9.75. The number of hydrogen-bond acceptors (Lipinski definition) is 4. The molecular weight excluding hydrogens is 385 g/mol. The topological polar surface area (TPSA) is 55.3 Å². The van der Waals surface area contributed by atoms with Gasteiger partial charge in [-0.3, -0.25) is 0 Å². The minimum Gasteiger partial charge on any atom is -0.444 e. The number of likely N-dealkylation sites (tertiary alicyclic amines) is 1. The van der Waals surface area contributed by atoms with Crippen molar-refractivity contribution in [3.63, 3.8) is 0 Å². The Morgan fingerprint density at radius 1 is 1.22 bits per heavy atom. The molecule has 0 N–H and O–H groups in total. The summed E-state index contributed by atoms with van der Waals surface area (Å²) in [5.41, 5.74) is 2.28. The summed E-state index contributed by atoms with van der Waals surface area (Å²) < 4.78 is 5.47. The van der Waals surface area contributed by atoms with E-state index in [-0.39, 0.29) is 11.4 Å². The smallest absolute Gasteiger partial charge is 0.410 e. The Kier molecular flexibility index (Phi) is 5.92. The normalized spacial score (nSPS) is 15.7. The van der Waals surface area contributed by atoms with Crippen molar-refractivity contribution in [2.24, 2.45) is 0 Å². The second-order valence-corrected chi connectivity index (χ2v) is 8.45. The van der Waals surface area contributed by atoms with Crippen molar-refractivity contribution in [2.45, 2.75) is 45.1 Å². The van der Waals surface area contributed by atoms with E-state index in [0.29, 0.717) is 29.7 Å². The number of benzene rings is 1. The third-order valence-electron chi connectivity index (χ3n) is 4.49. The number of carbonyl (C=O) groups is 1. The van der Waals surface area contributed by atoms with Crippen molar-refractivity contribution < 1.29 is 9.53 Å². The molecule has 1 aliphatic heterocycles. The van der Waals surface area contributed by atoms with Gasteiger partial charge in [0.05, 0.1) is 16.9 Å². The fraction of sp³-hybridized carbons (Fsp3) is 0.450. The molecule has 0 radical (unpaired) electrons. The van der Waals surface area contributed by atoms with Gasteiger partial charge in [0, 0.05) is 18.7 Å². The summed E-state index contributed by atoms with van der Waals surface area (Å²) in [6, 6.07) is 8.16. The largest absolute Gasteiger partial charge is 0.444 e. The first-order chi connectivity index (χ1) is 12.7. The fourth-order valence-corrected chi connectivity index (χ4v) is 3.54. The Hall–Kier alpha value is -1.85. The molecular formula is C20H23Cl2N3O2. The van der Waals surface area contributed by atoms with Crippen molar-refractivity contribution in [3.05, 3.63) is 46.3 Å². The summed E-state index contributed by atoms with van der Waals surface area (Å²) in [5.74, 6) is 0.375. The van der Waals surface area contributed by atoms with Gasteiger partial charge in [0.2, 0.25) is 5.28 Å². The zero-order valence-electron chi connectivity index (χ0n) is 15.7. The molecule has 1 aliphatic rings. The lowest BCUT2D eigenvalue weighted by molar-refractivity contribution is 0.0205. The molecule has 1 fully saturated rings. The van der Waals surface area contributed by atoms with Gasteiger partial charge in [-0.25, -0.2) is 14.8 Å². The highest BCUT2D eigenvalue weighted by molar-refractivity contribution is 6.33. The molecule has 0 spiro atoms. The Bertz CT molecular complexity index is 828. The molecule has 1 aromatic carbocycles. The summed E-state index contributed by atoms with van der Waals surface area (Å²) in [6.45, 7) is 7.02. The Morgan fingerprint density at radius 3 is 2.59 bits per heavy atom. The SMILES string of the molecule is CC(C)(C)OC(=O)N1CCC(c2cccc(-c3nc(Cl)ncc3Cl)c2)CC1. The van der Waals surface area contributed by atoms with Crippen molar-refractivity contribution in [2.75, 3.05) is 13.1 Å². The van der Waals surface area contributed by atoms with Crippen LogP contribution in [-0.4, -0.2) is 39.7 Å². The number of ether oxygens (including phenoxy) is 1. The molecule has 7 heteroatoms. The summed E-state index contributed by atoms with van der Waals surface area (Å²) in [7, 11) is 0. The second-order valence-electron chi connectivity index (χ2n) is 7.70. The van der Waals surface area contributed by atoms with E-state index >= 15 is 0 Å². The number of rotatable bonds is 2. The van der Waals surface area contributed by atoms with Crippen LogP contribution in [0.1, 0.15) is 45.1 Å². The number of halogens is 2. The molecule has 0 bridgehead atoms. The van der Waals surface area contributed by atoms with E-state index in [2.05, 4.69) is 22.1 Å². The lowest BCUT2D eigenvalue weighted by atomic mass is 9.88. The van der Waals surface area contributed by atoms with Gasteiger partial charge in [0.25, 0.3) is 0 Å². The first-order valence-electron chi connectivity index (χ1n) is 8.99. The minimum absolute atomic E-state index is 0.172. The van der Waals surface area contributed by atoms with Gasteiger partial charge in [0.15, 0.2) is 0 Å².